The smallest absolute Gasteiger partial charge is 0.313 e. The van der Waals surface area contributed by atoms with Crippen molar-refractivity contribution >= 4 is 29.1 Å². The van der Waals surface area contributed by atoms with Crippen LogP contribution in [0.15, 0.2) is 41.0 Å². The molecular formula is C16H17ClN2O4. The van der Waals surface area contributed by atoms with Crippen LogP contribution in [-0.2, 0) is 15.2 Å². The molecule has 1 aromatic carbocycles. The molecule has 0 aliphatic carbocycles. The van der Waals surface area contributed by atoms with Crippen molar-refractivity contribution < 1.29 is 19.1 Å². The minimum absolute atomic E-state index is 0.165. The second-order valence-corrected chi connectivity index (χ2v) is 5.76. The summed E-state index contributed by atoms with van der Waals surface area (Å²) in [6.45, 7) is 3.14. The molecule has 0 fully saturated rings. The Labute approximate surface area is 138 Å². The lowest BCUT2D eigenvalue weighted by atomic mass is 10.0. The zero-order chi connectivity index (χ0) is 17.0. The van der Waals surface area contributed by atoms with Gasteiger partial charge in [-0.3, -0.25) is 9.59 Å². The van der Waals surface area contributed by atoms with Crippen LogP contribution in [0.25, 0.3) is 0 Å². The molecule has 2 aromatic rings. The second kappa shape index (κ2) is 6.85. The summed E-state index contributed by atoms with van der Waals surface area (Å²) in [5.41, 5.74) is -0.130. The highest BCUT2D eigenvalue weighted by Crippen LogP contribution is 2.21. The van der Waals surface area contributed by atoms with Gasteiger partial charge in [-0.2, -0.15) is 0 Å². The standard InChI is InChI=1S/C16H17ClN2O4/c1-10-5-6-11(8-12(10)17)19-15(21)14(20)18-9-16(2,22)13-4-3-7-23-13/h3-8,22H,9H2,1-2H3,(H,18,20)(H,19,21). The number of aryl methyl sites for hydroxylation is 1. The third kappa shape index (κ3) is 4.34. The molecule has 0 bridgehead atoms. The van der Waals surface area contributed by atoms with E-state index < -0.39 is 17.4 Å². The van der Waals surface area contributed by atoms with Gasteiger partial charge in [-0.25, -0.2) is 0 Å². The van der Waals surface area contributed by atoms with Crippen molar-refractivity contribution in [2.24, 2.45) is 0 Å². The van der Waals surface area contributed by atoms with Crippen LogP contribution in [0.1, 0.15) is 18.2 Å². The molecule has 2 amide bonds. The lowest BCUT2D eigenvalue weighted by Gasteiger charge is -2.20. The van der Waals surface area contributed by atoms with E-state index in [0.717, 1.165) is 5.56 Å². The Morgan fingerprint density at radius 1 is 1.30 bits per heavy atom. The number of anilines is 1. The van der Waals surface area contributed by atoms with E-state index in [0.29, 0.717) is 16.5 Å². The van der Waals surface area contributed by atoms with Gasteiger partial charge in [0.05, 0.1) is 12.8 Å². The van der Waals surface area contributed by atoms with Crippen molar-refractivity contribution in [3.63, 3.8) is 0 Å². The first-order valence-corrected chi connectivity index (χ1v) is 7.29. The Morgan fingerprint density at radius 2 is 2.04 bits per heavy atom. The largest absolute Gasteiger partial charge is 0.466 e. The minimum atomic E-state index is -1.41. The maximum absolute atomic E-state index is 11.8. The van der Waals surface area contributed by atoms with Crippen LogP contribution < -0.4 is 10.6 Å². The van der Waals surface area contributed by atoms with E-state index in [1.165, 1.54) is 13.2 Å². The number of rotatable bonds is 4. The van der Waals surface area contributed by atoms with Crippen molar-refractivity contribution in [3.8, 4) is 0 Å². The molecule has 3 N–H and O–H groups in total. The first kappa shape index (κ1) is 17.1. The van der Waals surface area contributed by atoms with Crippen LogP contribution in [-0.4, -0.2) is 23.5 Å². The van der Waals surface area contributed by atoms with Gasteiger partial charge in [0.1, 0.15) is 11.4 Å². The summed E-state index contributed by atoms with van der Waals surface area (Å²) in [4.78, 5) is 23.7. The molecule has 1 heterocycles. The number of carbonyl (C=O) groups excluding carboxylic acids is 2. The highest BCUT2D eigenvalue weighted by Gasteiger charge is 2.28. The van der Waals surface area contributed by atoms with E-state index >= 15 is 0 Å². The van der Waals surface area contributed by atoms with Gasteiger partial charge >= 0.3 is 11.8 Å². The van der Waals surface area contributed by atoms with Gasteiger partial charge in [-0.05, 0) is 43.7 Å². The summed E-state index contributed by atoms with van der Waals surface area (Å²) in [6.07, 6.45) is 1.42. The summed E-state index contributed by atoms with van der Waals surface area (Å²) in [5.74, 6) is -1.42. The Balaban J connectivity index is 1.92. The highest BCUT2D eigenvalue weighted by atomic mass is 35.5. The van der Waals surface area contributed by atoms with E-state index in [1.807, 2.05) is 6.92 Å². The number of amides is 2. The molecule has 0 radical (unpaired) electrons. The fourth-order valence-corrected chi connectivity index (χ4v) is 2.04. The second-order valence-electron chi connectivity index (χ2n) is 5.35. The van der Waals surface area contributed by atoms with Gasteiger partial charge in [-0.1, -0.05) is 17.7 Å². The lowest BCUT2D eigenvalue weighted by molar-refractivity contribution is -0.136. The predicted molar refractivity (Wildman–Crippen MR) is 86.1 cm³/mol. The molecular weight excluding hydrogens is 320 g/mol. The zero-order valence-corrected chi connectivity index (χ0v) is 13.5. The Hall–Kier alpha value is -2.31. The molecule has 7 heteroatoms. The van der Waals surface area contributed by atoms with Gasteiger partial charge in [0, 0.05) is 10.7 Å². The summed E-state index contributed by atoms with van der Waals surface area (Å²) < 4.78 is 5.09. The van der Waals surface area contributed by atoms with Crippen LogP contribution in [0.3, 0.4) is 0 Å². The molecule has 2 rings (SSSR count). The molecule has 122 valence electrons. The maximum Gasteiger partial charge on any atom is 0.313 e. The van der Waals surface area contributed by atoms with E-state index in [9.17, 15) is 14.7 Å². The molecule has 0 saturated heterocycles. The van der Waals surface area contributed by atoms with Crippen molar-refractivity contribution in [1.29, 1.82) is 0 Å². The molecule has 0 aliphatic heterocycles. The third-order valence-electron chi connectivity index (χ3n) is 3.28. The molecule has 1 unspecified atom stereocenters. The zero-order valence-electron chi connectivity index (χ0n) is 12.7. The van der Waals surface area contributed by atoms with E-state index in [-0.39, 0.29) is 6.54 Å². The maximum atomic E-state index is 11.8. The van der Waals surface area contributed by atoms with Crippen LogP contribution >= 0.6 is 11.6 Å². The SMILES string of the molecule is Cc1ccc(NC(=O)C(=O)NCC(C)(O)c2ccco2)cc1Cl. The fourth-order valence-electron chi connectivity index (χ4n) is 1.86. The third-order valence-corrected chi connectivity index (χ3v) is 3.69. The fraction of sp³-hybridized carbons (Fsp3) is 0.250. The predicted octanol–water partition coefficient (Wildman–Crippen LogP) is 2.20. The van der Waals surface area contributed by atoms with Crippen LogP contribution in [0, 0.1) is 6.92 Å². The topological polar surface area (TPSA) is 91.6 Å². The number of benzene rings is 1. The van der Waals surface area contributed by atoms with Gasteiger partial charge < -0.3 is 20.2 Å². The van der Waals surface area contributed by atoms with E-state index in [2.05, 4.69) is 10.6 Å². The van der Waals surface area contributed by atoms with Crippen molar-refractivity contribution in [2.45, 2.75) is 19.4 Å². The first-order chi connectivity index (χ1) is 10.8. The van der Waals surface area contributed by atoms with Gasteiger partial charge in [0.2, 0.25) is 0 Å². The number of aliphatic hydroxyl groups is 1. The number of nitrogens with one attached hydrogen (secondary N) is 2. The quantitative estimate of drug-likeness (QED) is 0.746. The Bertz CT molecular complexity index is 711. The van der Waals surface area contributed by atoms with Crippen LogP contribution in [0.2, 0.25) is 5.02 Å². The number of furan rings is 1. The normalized spacial score (nSPS) is 13.2. The summed E-state index contributed by atoms with van der Waals surface area (Å²) in [6, 6.07) is 8.14. The van der Waals surface area contributed by atoms with Crippen molar-refractivity contribution in [1.82, 2.24) is 5.32 Å². The van der Waals surface area contributed by atoms with Gasteiger partial charge in [0.25, 0.3) is 0 Å². The van der Waals surface area contributed by atoms with Crippen LogP contribution in [0.4, 0.5) is 5.69 Å². The van der Waals surface area contributed by atoms with Gasteiger partial charge in [0.15, 0.2) is 0 Å². The summed E-state index contributed by atoms with van der Waals surface area (Å²) >= 11 is 5.96. The Kier molecular flexibility index (Phi) is 5.08. The number of hydrogen-bond acceptors (Lipinski definition) is 4. The monoisotopic (exact) mass is 336 g/mol. The lowest BCUT2D eigenvalue weighted by Crippen LogP contribution is -2.43. The molecule has 6 nitrogen and oxygen atoms in total. The molecule has 0 saturated carbocycles. The molecule has 1 atom stereocenters. The van der Waals surface area contributed by atoms with E-state index in [1.54, 1.807) is 30.3 Å². The number of hydrogen-bond donors (Lipinski definition) is 3. The number of carbonyl (C=O) groups is 2. The van der Waals surface area contributed by atoms with Crippen molar-refractivity contribution in [2.75, 3.05) is 11.9 Å². The molecule has 23 heavy (non-hydrogen) atoms. The number of halogens is 1. The first-order valence-electron chi connectivity index (χ1n) is 6.91. The van der Waals surface area contributed by atoms with Crippen molar-refractivity contribution in [3.05, 3.63) is 52.9 Å². The molecule has 1 aromatic heterocycles. The average Bonchev–Trinajstić information content (AvgIpc) is 3.04. The molecule has 0 aliphatic rings. The van der Waals surface area contributed by atoms with E-state index in [4.69, 9.17) is 16.0 Å². The van der Waals surface area contributed by atoms with Gasteiger partial charge in [-0.15, -0.1) is 0 Å². The highest BCUT2D eigenvalue weighted by molar-refractivity contribution is 6.39. The molecule has 0 spiro atoms. The van der Waals surface area contributed by atoms with Crippen LogP contribution in [0.5, 0.6) is 0 Å². The summed E-state index contributed by atoms with van der Waals surface area (Å²) in [7, 11) is 0. The Morgan fingerprint density at radius 3 is 2.65 bits per heavy atom. The minimum Gasteiger partial charge on any atom is -0.466 e. The summed E-state index contributed by atoms with van der Waals surface area (Å²) in [5, 5.41) is 15.5. The average molecular weight is 337 g/mol.